The minimum absolute atomic E-state index is 0.0610. The third kappa shape index (κ3) is 3.51. The van der Waals surface area contributed by atoms with Gasteiger partial charge in [0.05, 0.1) is 12.2 Å². The van der Waals surface area contributed by atoms with Crippen molar-refractivity contribution in [2.75, 3.05) is 36.9 Å². The summed E-state index contributed by atoms with van der Waals surface area (Å²) in [5.41, 5.74) is 7.93. The number of rotatable bonds is 3. The predicted octanol–water partition coefficient (Wildman–Crippen LogP) is 4.15. The van der Waals surface area contributed by atoms with Gasteiger partial charge in [-0.25, -0.2) is 4.39 Å². The molecule has 2 aliphatic rings. The first-order valence-corrected chi connectivity index (χ1v) is 9.87. The fraction of sp³-hybridized carbons (Fsp3) is 0.409. The van der Waals surface area contributed by atoms with Crippen LogP contribution in [0, 0.1) is 0 Å². The Balaban J connectivity index is 1.54. The lowest BCUT2D eigenvalue weighted by molar-refractivity contribution is 0.0419. The average Bonchev–Trinajstić information content (AvgIpc) is 2.73. The Morgan fingerprint density at radius 2 is 1.86 bits per heavy atom. The molecule has 1 fully saturated rings. The molecule has 2 aliphatic heterocycles. The second-order valence-electron chi connectivity index (χ2n) is 7.57. The van der Waals surface area contributed by atoms with Gasteiger partial charge in [0.1, 0.15) is 18.0 Å². The minimum Gasteiger partial charge on any atom is -0.490 e. The molecule has 0 saturated carbocycles. The molecule has 1 amide bonds. The number of halogens is 1. The van der Waals surface area contributed by atoms with Gasteiger partial charge >= 0.3 is 0 Å². The van der Waals surface area contributed by atoms with Crippen LogP contribution in [0.2, 0.25) is 0 Å². The van der Waals surface area contributed by atoms with Gasteiger partial charge in [-0.05, 0) is 61.7 Å². The highest BCUT2D eigenvalue weighted by Crippen LogP contribution is 2.38. The zero-order chi connectivity index (χ0) is 19.7. The second-order valence-corrected chi connectivity index (χ2v) is 7.57. The number of nitrogens with zero attached hydrogens (tertiary/aromatic N) is 2. The zero-order valence-corrected chi connectivity index (χ0v) is 16.2. The fourth-order valence-corrected chi connectivity index (χ4v) is 3.92. The Bertz CT molecular complexity index is 861. The molecule has 0 aliphatic carbocycles. The molecule has 2 aromatic rings. The van der Waals surface area contributed by atoms with Gasteiger partial charge in [-0.3, -0.25) is 4.79 Å². The molecule has 4 rings (SSSR count). The number of carbonyl (C=O) groups excluding carboxylic acids is 1. The molecule has 2 heterocycles. The van der Waals surface area contributed by atoms with E-state index in [0.29, 0.717) is 50.3 Å². The summed E-state index contributed by atoms with van der Waals surface area (Å²) in [4.78, 5) is 16.8. The van der Waals surface area contributed by atoms with Crippen molar-refractivity contribution in [3.63, 3.8) is 0 Å². The van der Waals surface area contributed by atoms with E-state index in [1.807, 2.05) is 43.3 Å². The molecule has 5 nitrogen and oxygen atoms in total. The normalized spacial score (nSPS) is 18.4. The smallest absolute Gasteiger partial charge is 0.253 e. The summed E-state index contributed by atoms with van der Waals surface area (Å²) in [6, 6.07) is 13.3. The predicted molar refractivity (Wildman–Crippen MR) is 109 cm³/mol. The maximum atomic E-state index is 14.4. The van der Waals surface area contributed by atoms with E-state index in [2.05, 4.69) is 4.90 Å². The molecule has 0 unspecified atom stereocenters. The summed E-state index contributed by atoms with van der Waals surface area (Å²) in [6.07, 6.45) is 1.31. The van der Waals surface area contributed by atoms with E-state index in [-0.39, 0.29) is 5.91 Å². The molecule has 2 aromatic carbocycles. The Labute approximate surface area is 164 Å². The van der Waals surface area contributed by atoms with Gasteiger partial charge in [-0.2, -0.15) is 0 Å². The van der Waals surface area contributed by atoms with Gasteiger partial charge < -0.3 is 20.3 Å². The van der Waals surface area contributed by atoms with Crippen molar-refractivity contribution in [3.05, 3.63) is 48.0 Å². The van der Waals surface area contributed by atoms with Crippen molar-refractivity contribution in [1.82, 2.24) is 4.90 Å². The molecule has 1 saturated heterocycles. The molecule has 0 atom stereocenters. The molecule has 0 radical (unpaired) electrons. The molecule has 0 bridgehead atoms. The maximum absolute atomic E-state index is 14.4. The number of fused-ring (bicyclic) bond motifs is 1. The van der Waals surface area contributed by atoms with Crippen LogP contribution in [0.5, 0.6) is 5.75 Å². The lowest BCUT2D eigenvalue weighted by Crippen LogP contribution is -2.44. The number of amides is 1. The molecule has 6 heteroatoms. The molecule has 0 spiro atoms. The topological polar surface area (TPSA) is 58.8 Å². The van der Waals surface area contributed by atoms with Gasteiger partial charge in [-0.15, -0.1) is 0 Å². The van der Waals surface area contributed by atoms with Crippen LogP contribution in [0.4, 0.5) is 21.5 Å². The van der Waals surface area contributed by atoms with Gasteiger partial charge in [0, 0.05) is 30.0 Å². The number of ether oxygens (including phenoxy) is 1. The Hall–Kier alpha value is -2.76. The van der Waals surface area contributed by atoms with Crippen molar-refractivity contribution < 1.29 is 13.9 Å². The number of carbonyl (C=O) groups is 1. The first kappa shape index (κ1) is 18.6. The van der Waals surface area contributed by atoms with Crippen molar-refractivity contribution in [2.24, 2.45) is 0 Å². The fourth-order valence-electron chi connectivity index (χ4n) is 3.92. The second kappa shape index (κ2) is 7.34. The van der Waals surface area contributed by atoms with Gasteiger partial charge in [0.15, 0.2) is 0 Å². The SMILES string of the molecule is CCC1(F)CCN(C(=O)c2ccc3c(c2)OCCN3c2ccc(N)cc2)CC1. The van der Waals surface area contributed by atoms with Crippen LogP contribution in [-0.4, -0.2) is 42.7 Å². The van der Waals surface area contributed by atoms with Crippen molar-refractivity contribution in [3.8, 4) is 5.75 Å². The highest BCUT2D eigenvalue weighted by molar-refractivity contribution is 5.95. The number of likely N-dealkylation sites (tertiary alicyclic amines) is 1. The van der Waals surface area contributed by atoms with Gasteiger partial charge in [0.2, 0.25) is 0 Å². The molecule has 0 aromatic heterocycles. The Morgan fingerprint density at radius 1 is 1.14 bits per heavy atom. The zero-order valence-electron chi connectivity index (χ0n) is 16.2. The number of piperidine rings is 1. The van der Waals surface area contributed by atoms with Crippen LogP contribution in [0.3, 0.4) is 0 Å². The highest BCUT2D eigenvalue weighted by Gasteiger charge is 2.34. The summed E-state index contributed by atoms with van der Waals surface area (Å²) in [5.74, 6) is 0.633. The van der Waals surface area contributed by atoms with E-state index < -0.39 is 5.67 Å². The lowest BCUT2D eigenvalue weighted by atomic mass is 9.90. The van der Waals surface area contributed by atoms with Crippen LogP contribution in [0.25, 0.3) is 0 Å². The van der Waals surface area contributed by atoms with E-state index in [1.54, 1.807) is 11.0 Å². The number of benzene rings is 2. The number of hydrogen-bond acceptors (Lipinski definition) is 4. The molecular weight excluding hydrogens is 357 g/mol. The molecule has 148 valence electrons. The maximum Gasteiger partial charge on any atom is 0.253 e. The third-order valence-electron chi connectivity index (χ3n) is 5.86. The van der Waals surface area contributed by atoms with Crippen LogP contribution in [0.1, 0.15) is 36.5 Å². The number of hydrogen-bond donors (Lipinski definition) is 1. The summed E-state index contributed by atoms with van der Waals surface area (Å²) in [7, 11) is 0. The Morgan fingerprint density at radius 3 is 2.54 bits per heavy atom. The number of alkyl halides is 1. The number of nitrogen functional groups attached to an aromatic ring is 1. The summed E-state index contributed by atoms with van der Waals surface area (Å²) < 4.78 is 20.3. The van der Waals surface area contributed by atoms with Gasteiger partial charge in [0.25, 0.3) is 5.91 Å². The Kier molecular flexibility index (Phi) is 4.87. The minimum atomic E-state index is -1.13. The molecule has 28 heavy (non-hydrogen) atoms. The van der Waals surface area contributed by atoms with Crippen molar-refractivity contribution in [1.29, 1.82) is 0 Å². The number of anilines is 3. The first-order chi connectivity index (χ1) is 13.5. The van der Waals surface area contributed by atoms with Crippen LogP contribution in [-0.2, 0) is 0 Å². The summed E-state index contributed by atoms with van der Waals surface area (Å²) in [6.45, 7) is 4.05. The number of nitrogens with two attached hydrogens (primary N) is 1. The molecular formula is C22H26FN3O2. The van der Waals surface area contributed by atoms with Crippen molar-refractivity contribution >= 4 is 23.0 Å². The van der Waals surface area contributed by atoms with Gasteiger partial charge in [-0.1, -0.05) is 6.92 Å². The first-order valence-electron chi connectivity index (χ1n) is 9.87. The standard InChI is InChI=1S/C22H26FN3O2/c1-2-22(23)9-11-25(12-10-22)21(27)16-3-8-19-20(15-16)28-14-13-26(19)18-6-4-17(24)5-7-18/h3-8,15H,2,9-14,24H2,1H3. The van der Waals surface area contributed by atoms with Crippen LogP contribution in [0.15, 0.2) is 42.5 Å². The quantitative estimate of drug-likeness (QED) is 0.809. The van der Waals surface area contributed by atoms with E-state index in [4.69, 9.17) is 10.5 Å². The van der Waals surface area contributed by atoms with Crippen LogP contribution >= 0.6 is 0 Å². The van der Waals surface area contributed by atoms with E-state index in [0.717, 1.165) is 23.6 Å². The lowest BCUT2D eigenvalue weighted by Gasteiger charge is -2.36. The third-order valence-corrected chi connectivity index (χ3v) is 5.86. The van der Waals surface area contributed by atoms with E-state index in [1.165, 1.54) is 0 Å². The monoisotopic (exact) mass is 383 g/mol. The van der Waals surface area contributed by atoms with Crippen molar-refractivity contribution in [2.45, 2.75) is 31.9 Å². The van der Waals surface area contributed by atoms with E-state index in [9.17, 15) is 9.18 Å². The highest BCUT2D eigenvalue weighted by atomic mass is 19.1. The molecule has 2 N–H and O–H groups in total. The summed E-state index contributed by atoms with van der Waals surface area (Å²) >= 11 is 0. The average molecular weight is 383 g/mol. The van der Waals surface area contributed by atoms with E-state index >= 15 is 0 Å². The largest absolute Gasteiger partial charge is 0.490 e. The van der Waals surface area contributed by atoms with Crippen LogP contribution < -0.4 is 15.4 Å². The summed E-state index contributed by atoms with van der Waals surface area (Å²) in [5, 5.41) is 0.